The van der Waals surface area contributed by atoms with Gasteiger partial charge in [-0.05, 0) is 38.3 Å². The van der Waals surface area contributed by atoms with Gasteiger partial charge in [0, 0.05) is 10.9 Å². The summed E-state index contributed by atoms with van der Waals surface area (Å²) in [4.78, 5) is 10.7. The van der Waals surface area contributed by atoms with E-state index >= 15 is 0 Å². The van der Waals surface area contributed by atoms with Gasteiger partial charge in [-0.25, -0.2) is 4.79 Å². The topological polar surface area (TPSA) is 62.5 Å². The molecule has 0 unspecified atom stereocenters. The number of hydrogen-bond donors (Lipinski definition) is 2. The number of carbonyl (C=O) groups is 1. The Bertz CT molecular complexity index is 557. The SMILES string of the molecule is CC(C)(CCc1cccc2ccoc12)NC(=O)O. The first-order valence-electron chi connectivity index (χ1n) is 5.94. The van der Waals surface area contributed by atoms with E-state index in [1.165, 1.54) is 0 Å². The van der Waals surface area contributed by atoms with Crippen LogP contribution < -0.4 is 5.32 Å². The largest absolute Gasteiger partial charge is 0.465 e. The van der Waals surface area contributed by atoms with E-state index < -0.39 is 11.6 Å². The maximum atomic E-state index is 10.7. The molecule has 0 saturated carbocycles. The smallest absolute Gasteiger partial charge is 0.405 e. The average molecular weight is 247 g/mol. The summed E-state index contributed by atoms with van der Waals surface area (Å²) in [5.41, 5.74) is 1.56. The molecule has 0 spiro atoms. The Morgan fingerprint density at radius 3 is 2.89 bits per heavy atom. The van der Waals surface area contributed by atoms with Crippen LogP contribution in [0.1, 0.15) is 25.8 Å². The van der Waals surface area contributed by atoms with E-state index in [4.69, 9.17) is 9.52 Å². The van der Waals surface area contributed by atoms with Crippen LogP contribution in [0.5, 0.6) is 0 Å². The molecule has 1 amide bonds. The van der Waals surface area contributed by atoms with Crippen LogP contribution >= 0.6 is 0 Å². The van der Waals surface area contributed by atoms with Crippen LogP contribution in [0.15, 0.2) is 34.9 Å². The highest BCUT2D eigenvalue weighted by atomic mass is 16.4. The van der Waals surface area contributed by atoms with Crippen LogP contribution in [0.4, 0.5) is 4.79 Å². The summed E-state index contributed by atoms with van der Waals surface area (Å²) in [6.45, 7) is 3.76. The Hall–Kier alpha value is -1.97. The second-order valence-electron chi connectivity index (χ2n) is 5.07. The number of furan rings is 1. The van der Waals surface area contributed by atoms with Crippen LogP contribution in [0.25, 0.3) is 11.0 Å². The number of para-hydroxylation sites is 1. The number of nitrogens with one attached hydrogen (secondary N) is 1. The molecule has 2 rings (SSSR count). The Kier molecular flexibility index (Phi) is 3.28. The molecule has 0 atom stereocenters. The average Bonchev–Trinajstić information content (AvgIpc) is 2.72. The van der Waals surface area contributed by atoms with Gasteiger partial charge in [0.15, 0.2) is 0 Å². The fourth-order valence-electron chi connectivity index (χ4n) is 2.05. The van der Waals surface area contributed by atoms with Gasteiger partial charge in [-0.15, -0.1) is 0 Å². The van der Waals surface area contributed by atoms with Crippen molar-refractivity contribution in [3.63, 3.8) is 0 Å². The molecule has 0 radical (unpaired) electrons. The van der Waals surface area contributed by atoms with Crippen molar-refractivity contribution in [3.05, 3.63) is 36.1 Å². The quantitative estimate of drug-likeness (QED) is 0.870. The molecule has 0 aliphatic heterocycles. The molecular formula is C14H17NO3. The second-order valence-corrected chi connectivity index (χ2v) is 5.07. The van der Waals surface area contributed by atoms with Gasteiger partial charge in [-0.1, -0.05) is 18.2 Å². The van der Waals surface area contributed by atoms with E-state index in [1.807, 2.05) is 38.1 Å². The van der Waals surface area contributed by atoms with E-state index in [0.717, 1.165) is 29.4 Å². The van der Waals surface area contributed by atoms with Crippen molar-refractivity contribution in [2.45, 2.75) is 32.2 Å². The standard InChI is InChI=1S/C14H17NO3/c1-14(2,15-13(16)17)8-6-10-4-3-5-11-7-9-18-12(10)11/h3-5,7,9,15H,6,8H2,1-2H3,(H,16,17). The van der Waals surface area contributed by atoms with E-state index in [9.17, 15) is 4.79 Å². The van der Waals surface area contributed by atoms with Crippen LogP contribution in [0.2, 0.25) is 0 Å². The molecule has 2 aromatic rings. The van der Waals surface area contributed by atoms with E-state index in [-0.39, 0.29) is 0 Å². The van der Waals surface area contributed by atoms with Crippen molar-refractivity contribution >= 4 is 17.1 Å². The first kappa shape index (κ1) is 12.5. The van der Waals surface area contributed by atoms with Gasteiger partial charge in [0.05, 0.1) is 6.26 Å². The number of benzene rings is 1. The molecular weight excluding hydrogens is 230 g/mol. The Labute approximate surface area is 106 Å². The lowest BCUT2D eigenvalue weighted by Gasteiger charge is -2.24. The minimum Gasteiger partial charge on any atom is -0.465 e. The normalized spacial score (nSPS) is 11.7. The highest BCUT2D eigenvalue weighted by molar-refractivity contribution is 5.80. The third-order valence-corrected chi connectivity index (χ3v) is 3.03. The van der Waals surface area contributed by atoms with Crippen LogP contribution in [-0.2, 0) is 6.42 Å². The molecule has 1 aromatic carbocycles. The Morgan fingerprint density at radius 2 is 2.17 bits per heavy atom. The van der Waals surface area contributed by atoms with Gasteiger partial charge in [0.25, 0.3) is 0 Å². The first-order valence-corrected chi connectivity index (χ1v) is 5.94. The lowest BCUT2D eigenvalue weighted by molar-refractivity contribution is 0.180. The van der Waals surface area contributed by atoms with Crippen molar-refractivity contribution in [2.24, 2.45) is 0 Å². The zero-order valence-electron chi connectivity index (χ0n) is 10.6. The zero-order chi connectivity index (χ0) is 13.2. The summed E-state index contributed by atoms with van der Waals surface area (Å²) in [6.07, 6.45) is 2.18. The number of aryl methyl sites for hydroxylation is 1. The molecule has 0 bridgehead atoms. The van der Waals surface area contributed by atoms with Crippen molar-refractivity contribution < 1.29 is 14.3 Å². The molecule has 4 heteroatoms. The minimum atomic E-state index is -0.990. The van der Waals surface area contributed by atoms with Crippen molar-refractivity contribution in [2.75, 3.05) is 0 Å². The van der Waals surface area contributed by atoms with Gasteiger partial charge < -0.3 is 14.8 Å². The summed E-state index contributed by atoms with van der Waals surface area (Å²) in [5.74, 6) is 0. The van der Waals surface area contributed by atoms with E-state index in [0.29, 0.717) is 0 Å². The molecule has 4 nitrogen and oxygen atoms in total. The maximum absolute atomic E-state index is 10.7. The summed E-state index contributed by atoms with van der Waals surface area (Å²) in [5, 5.41) is 12.4. The molecule has 18 heavy (non-hydrogen) atoms. The molecule has 0 aliphatic rings. The molecule has 2 N–H and O–H groups in total. The highest BCUT2D eigenvalue weighted by Gasteiger charge is 2.20. The third-order valence-electron chi connectivity index (χ3n) is 3.03. The molecule has 0 fully saturated rings. The number of fused-ring (bicyclic) bond motifs is 1. The summed E-state index contributed by atoms with van der Waals surface area (Å²) >= 11 is 0. The maximum Gasteiger partial charge on any atom is 0.405 e. The van der Waals surface area contributed by atoms with Crippen molar-refractivity contribution in [3.8, 4) is 0 Å². The minimum absolute atomic E-state index is 0.444. The molecule has 0 aliphatic carbocycles. The fraction of sp³-hybridized carbons (Fsp3) is 0.357. The van der Waals surface area contributed by atoms with Gasteiger partial charge >= 0.3 is 6.09 Å². The van der Waals surface area contributed by atoms with Crippen LogP contribution in [0, 0.1) is 0 Å². The summed E-state index contributed by atoms with van der Waals surface area (Å²) in [6, 6.07) is 7.94. The predicted octanol–water partition coefficient (Wildman–Crippen LogP) is 3.41. The van der Waals surface area contributed by atoms with Crippen LogP contribution in [-0.4, -0.2) is 16.7 Å². The lowest BCUT2D eigenvalue weighted by Crippen LogP contribution is -2.42. The number of hydrogen-bond acceptors (Lipinski definition) is 2. The zero-order valence-corrected chi connectivity index (χ0v) is 10.6. The molecule has 1 heterocycles. The van der Waals surface area contributed by atoms with E-state index in [2.05, 4.69) is 5.32 Å². The van der Waals surface area contributed by atoms with E-state index in [1.54, 1.807) is 6.26 Å². The number of amides is 1. The van der Waals surface area contributed by atoms with Crippen molar-refractivity contribution in [1.29, 1.82) is 0 Å². The predicted molar refractivity (Wildman–Crippen MR) is 69.8 cm³/mol. The Morgan fingerprint density at radius 1 is 1.39 bits per heavy atom. The second kappa shape index (κ2) is 4.72. The number of rotatable bonds is 4. The summed E-state index contributed by atoms with van der Waals surface area (Å²) in [7, 11) is 0. The highest BCUT2D eigenvalue weighted by Crippen LogP contribution is 2.23. The fourth-order valence-corrected chi connectivity index (χ4v) is 2.05. The molecule has 1 aromatic heterocycles. The van der Waals surface area contributed by atoms with Gasteiger partial charge in [0.1, 0.15) is 5.58 Å². The molecule has 0 saturated heterocycles. The third kappa shape index (κ3) is 2.83. The lowest BCUT2D eigenvalue weighted by atomic mass is 9.95. The van der Waals surface area contributed by atoms with Gasteiger partial charge in [0.2, 0.25) is 0 Å². The molecule has 96 valence electrons. The van der Waals surface area contributed by atoms with Crippen molar-refractivity contribution in [1.82, 2.24) is 5.32 Å². The monoisotopic (exact) mass is 247 g/mol. The summed E-state index contributed by atoms with van der Waals surface area (Å²) < 4.78 is 5.46. The van der Waals surface area contributed by atoms with Gasteiger partial charge in [-0.3, -0.25) is 0 Å². The Balaban J connectivity index is 2.10. The van der Waals surface area contributed by atoms with Gasteiger partial charge in [-0.2, -0.15) is 0 Å². The first-order chi connectivity index (χ1) is 8.48. The number of carboxylic acid groups (broad SMARTS) is 1. The van der Waals surface area contributed by atoms with Crippen LogP contribution in [0.3, 0.4) is 0 Å².